The molecular formula is C10H14F3N3O2S2. The van der Waals surface area contributed by atoms with Gasteiger partial charge in [0.15, 0.2) is 5.13 Å². The van der Waals surface area contributed by atoms with Gasteiger partial charge in [-0.3, -0.25) is 0 Å². The summed E-state index contributed by atoms with van der Waals surface area (Å²) in [5.74, 6) is 0.0302. The van der Waals surface area contributed by atoms with E-state index in [0.29, 0.717) is 24.4 Å². The summed E-state index contributed by atoms with van der Waals surface area (Å²) in [6.07, 6.45) is -3.57. The summed E-state index contributed by atoms with van der Waals surface area (Å²) in [5.41, 5.74) is 0. The van der Waals surface area contributed by atoms with Gasteiger partial charge in [0, 0.05) is 26.2 Å². The van der Waals surface area contributed by atoms with Crippen LogP contribution in [0.15, 0.2) is 6.20 Å². The molecule has 0 N–H and O–H groups in total. The molecule has 0 aromatic carbocycles. The largest absolute Gasteiger partial charge is 0.427 e. The molecular weight excluding hydrogens is 315 g/mol. The number of aromatic nitrogens is 1. The summed E-state index contributed by atoms with van der Waals surface area (Å²) in [6.45, 7) is 2.82. The fraction of sp³-hybridized carbons (Fsp3) is 0.700. The molecule has 1 aromatic rings. The third-order valence-electron chi connectivity index (χ3n) is 3.04. The molecule has 1 aromatic heterocycles. The van der Waals surface area contributed by atoms with Crippen molar-refractivity contribution in [2.24, 2.45) is 0 Å². The quantitative estimate of drug-likeness (QED) is 0.846. The number of rotatable bonds is 3. The summed E-state index contributed by atoms with van der Waals surface area (Å²) >= 11 is 0.583. The van der Waals surface area contributed by atoms with Crippen LogP contribution >= 0.6 is 11.3 Å². The molecule has 0 saturated carbocycles. The summed E-state index contributed by atoms with van der Waals surface area (Å²) in [4.78, 5) is 4.71. The van der Waals surface area contributed by atoms with Gasteiger partial charge in [-0.25, -0.2) is 13.4 Å². The summed E-state index contributed by atoms with van der Waals surface area (Å²) in [6, 6.07) is 0. The Hall–Kier alpha value is -0.870. The highest BCUT2D eigenvalue weighted by Gasteiger charge is 2.34. The maximum Gasteiger partial charge on any atom is 0.427 e. The van der Waals surface area contributed by atoms with Crippen molar-refractivity contribution in [1.82, 2.24) is 9.29 Å². The second kappa shape index (κ2) is 5.49. The average molecular weight is 329 g/mol. The lowest BCUT2D eigenvalue weighted by Gasteiger charge is -2.33. The monoisotopic (exact) mass is 329 g/mol. The molecule has 1 saturated heterocycles. The molecule has 1 aliphatic rings. The Morgan fingerprint density at radius 2 is 1.90 bits per heavy atom. The fourth-order valence-electron chi connectivity index (χ4n) is 1.88. The number of piperazine rings is 1. The third-order valence-corrected chi connectivity index (χ3v) is 6.02. The van der Waals surface area contributed by atoms with E-state index in [1.165, 1.54) is 4.31 Å². The Balaban J connectivity index is 2.03. The number of alkyl halides is 3. The smallest absolute Gasteiger partial charge is 0.345 e. The Labute approximate surface area is 119 Å². The zero-order valence-corrected chi connectivity index (χ0v) is 12.4. The molecule has 2 rings (SSSR count). The lowest BCUT2D eigenvalue weighted by Crippen LogP contribution is -2.49. The van der Waals surface area contributed by atoms with Crippen LogP contribution in [0.4, 0.5) is 18.3 Å². The van der Waals surface area contributed by atoms with Gasteiger partial charge in [0.1, 0.15) is 4.88 Å². The number of nitrogens with zero attached hydrogens (tertiary/aromatic N) is 3. The molecule has 20 heavy (non-hydrogen) atoms. The highest BCUT2D eigenvalue weighted by atomic mass is 32.2. The molecule has 0 amide bonds. The Bertz CT molecular complexity index is 563. The van der Waals surface area contributed by atoms with Crippen LogP contribution < -0.4 is 4.90 Å². The summed E-state index contributed by atoms with van der Waals surface area (Å²) < 4.78 is 62.2. The van der Waals surface area contributed by atoms with Crippen LogP contribution in [0.3, 0.4) is 0 Å². The van der Waals surface area contributed by atoms with Crippen LogP contribution in [-0.2, 0) is 16.2 Å². The molecule has 114 valence electrons. The van der Waals surface area contributed by atoms with Crippen LogP contribution in [0.25, 0.3) is 0 Å². The second-order valence-corrected chi connectivity index (χ2v) is 7.56. The van der Waals surface area contributed by atoms with Crippen LogP contribution in [0, 0.1) is 0 Å². The minimum Gasteiger partial charge on any atom is -0.345 e. The molecule has 0 aliphatic carbocycles. The van der Waals surface area contributed by atoms with Crippen molar-refractivity contribution in [3.8, 4) is 0 Å². The van der Waals surface area contributed by atoms with E-state index in [0.717, 1.165) is 6.20 Å². The van der Waals surface area contributed by atoms with Crippen molar-refractivity contribution in [1.29, 1.82) is 0 Å². The molecule has 0 radical (unpaired) electrons. The number of hydrogen-bond acceptors (Lipinski definition) is 5. The average Bonchev–Trinajstić information content (AvgIpc) is 2.88. The first kappa shape index (κ1) is 15.5. The summed E-state index contributed by atoms with van der Waals surface area (Å²) in [7, 11) is -3.24. The van der Waals surface area contributed by atoms with E-state index in [2.05, 4.69) is 4.98 Å². The van der Waals surface area contributed by atoms with Crippen LogP contribution in [0.5, 0.6) is 0 Å². The van der Waals surface area contributed by atoms with Gasteiger partial charge < -0.3 is 4.90 Å². The van der Waals surface area contributed by atoms with Crippen molar-refractivity contribution < 1.29 is 21.6 Å². The molecule has 0 bridgehead atoms. The van der Waals surface area contributed by atoms with Gasteiger partial charge in [-0.2, -0.15) is 17.5 Å². The van der Waals surface area contributed by atoms with Crippen LogP contribution in [0.2, 0.25) is 0 Å². The van der Waals surface area contributed by atoms with Crippen molar-refractivity contribution in [3.63, 3.8) is 0 Å². The Kier molecular flexibility index (Phi) is 4.26. The topological polar surface area (TPSA) is 53.5 Å². The number of anilines is 1. The highest BCUT2D eigenvalue weighted by Crippen LogP contribution is 2.36. The molecule has 10 heteroatoms. The first-order valence-corrected chi connectivity index (χ1v) is 8.42. The minimum atomic E-state index is -4.39. The second-order valence-electron chi connectivity index (χ2n) is 4.29. The maximum absolute atomic E-state index is 12.5. The third kappa shape index (κ3) is 3.23. The minimum absolute atomic E-state index is 0.0302. The fourth-order valence-corrected chi connectivity index (χ4v) is 3.80. The van der Waals surface area contributed by atoms with Crippen molar-refractivity contribution in [2.45, 2.75) is 13.1 Å². The van der Waals surface area contributed by atoms with E-state index < -0.39 is 21.1 Å². The maximum atomic E-state index is 12.5. The van der Waals surface area contributed by atoms with E-state index >= 15 is 0 Å². The molecule has 0 spiro atoms. The lowest BCUT2D eigenvalue weighted by atomic mass is 10.4. The molecule has 1 fully saturated rings. The first-order chi connectivity index (χ1) is 9.24. The zero-order chi connectivity index (χ0) is 15.0. The van der Waals surface area contributed by atoms with E-state index in [1.807, 2.05) is 0 Å². The standard InChI is InChI=1S/C10H14F3N3O2S2/c1-2-20(17,18)16-5-3-15(4-6-16)9-14-7-8(19-9)10(11,12)13/h7H,2-6H2,1H3. The Morgan fingerprint density at radius 3 is 2.35 bits per heavy atom. The number of thiazole rings is 1. The van der Waals surface area contributed by atoms with Crippen LogP contribution in [0.1, 0.15) is 11.8 Å². The number of halogens is 3. The predicted octanol–water partition coefficient (Wildman–Crippen LogP) is 1.63. The normalized spacial score (nSPS) is 18.5. The van der Waals surface area contributed by atoms with Crippen molar-refractivity contribution >= 4 is 26.5 Å². The van der Waals surface area contributed by atoms with Crippen LogP contribution in [-0.4, -0.2) is 49.6 Å². The molecule has 5 nitrogen and oxygen atoms in total. The molecule has 0 unspecified atom stereocenters. The Morgan fingerprint density at radius 1 is 1.30 bits per heavy atom. The first-order valence-electron chi connectivity index (χ1n) is 6.00. The molecule has 1 aliphatic heterocycles. The lowest BCUT2D eigenvalue weighted by molar-refractivity contribution is -0.134. The van der Waals surface area contributed by atoms with Gasteiger partial charge in [0.05, 0.1) is 11.9 Å². The van der Waals surface area contributed by atoms with E-state index in [4.69, 9.17) is 0 Å². The van der Waals surface area contributed by atoms with Gasteiger partial charge in [-0.1, -0.05) is 11.3 Å². The van der Waals surface area contributed by atoms with Crippen molar-refractivity contribution in [2.75, 3.05) is 36.8 Å². The van der Waals surface area contributed by atoms with Gasteiger partial charge in [0.25, 0.3) is 0 Å². The zero-order valence-electron chi connectivity index (χ0n) is 10.7. The predicted molar refractivity (Wildman–Crippen MR) is 70.4 cm³/mol. The van der Waals surface area contributed by atoms with Gasteiger partial charge in [-0.15, -0.1) is 0 Å². The number of hydrogen-bond donors (Lipinski definition) is 0. The van der Waals surface area contributed by atoms with Gasteiger partial charge in [0.2, 0.25) is 10.0 Å². The van der Waals surface area contributed by atoms with Crippen molar-refractivity contribution in [3.05, 3.63) is 11.1 Å². The SMILES string of the molecule is CCS(=O)(=O)N1CCN(c2ncc(C(F)(F)F)s2)CC1. The van der Waals surface area contributed by atoms with E-state index in [9.17, 15) is 21.6 Å². The molecule has 0 atom stereocenters. The summed E-state index contributed by atoms with van der Waals surface area (Å²) in [5, 5.41) is 0.283. The van der Waals surface area contributed by atoms with Gasteiger partial charge in [-0.05, 0) is 6.92 Å². The molecule has 2 heterocycles. The van der Waals surface area contributed by atoms with Gasteiger partial charge >= 0.3 is 6.18 Å². The number of sulfonamides is 1. The highest BCUT2D eigenvalue weighted by molar-refractivity contribution is 7.89. The van der Waals surface area contributed by atoms with E-state index in [1.54, 1.807) is 11.8 Å². The van der Waals surface area contributed by atoms with E-state index in [-0.39, 0.29) is 24.0 Å².